The molecule has 102 valence electrons. The Labute approximate surface area is 117 Å². The molecule has 0 fully saturated rings. The van der Waals surface area contributed by atoms with Crippen molar-refractivity contribution in [2.45, 2.75) is 20.1 Å². The quantitative estimate of drug-likeness (QED) is 0.846. The van der Waals surface area contributed by atoms with Gasteiger partial charge in [-0.1, -0.05) is 6.07 Å². The smallest absolute Gasteiger partial charge is 0.161 e. The van der Waals surface area contributed by atoms with Gasteiger partial charge >= 0.3 is 0 Å². The Morgan fingerprint density at radius 3 is 2.84 bits per heavy atom. The maximum Gasteiger partial charge on any atom is 0.161 e. The zero-order chi connectivity index (χ0) is 13.5. The highest BCUT2D eigenvalue weighted by atomic mass is 32.1. The van der Waals surface area contributed by atoms with Crippen LogP contribution in [-0.2, 0) is 13.2 Å². The summed E-state index contributed by atoms with van der Waals surface area (Å²) < 4.78 is 11.4. The Bertz CT molecular complexity index is 500. The Morgan fingerprint density at radius 2 is 2.16 bits per heavy atom. The van der Waals surface area contributed by atoms with Gasteiger partial charge in [-0.25, -0.2) is 0 Å². The minimum atomic E-state index is 0.524. The molecule has 0 aliphatic rings. The number of ether oxygens (including phenoxy) is 2. The van der Waals surface area contributed by atoms with E-state index in [9.17, 15) is 0 Å². The first-order valence-electron chi connectivity index (χ1n) is 6.24. The summed E-state index contributed by atoms with van der Waals surface area (Å²) in [7, 11) is 1.93. The van der Waals surface area contributed by atoms with Crippen LogP contribution in [0.2, 0.25) is 0 Å². The van der Waals surface area contributed by atoms with Crippen LogP contribution in [0.3, 0.4) is 0 Å². The number of rotatable bonds is 7. The van der Waals surface area contributed by atoms with Crippen molar-refractivity contribution in [2.24, 2.45) is 0 Å². The maximum absolute atomic E-state index is 5.79. The highest BCUT2D eigenvalue weighted by Gasteiger charge is 2.07. The molecule has 1 aromatic heterocycles. The number of thiazole rings is 1. The summed E-state index contributed by atoms with van der Waals surface area (Å²) in [6.07, 6.45) is 1.82. The van der Waals surface area contributed by atoms with Gasteiger partial charge in [-0.05, 0) is 31.7 Å². The van der Waals surface area contributed by atoms with E-state index in [1.807, 2.05) is 38.4 Å². The van der Waals surface area contributed by atoms with Crippen LogP contribution >= 0.6 is 11.3 Å². The molecule has 2 rings (SSSR count). The lowest BCUT2D eigenvalue weighted by atomic mass is 10.2. The maximum atomic E-state index is 5.79. The van der Waals surface area contributed by atoms with Gasteiger partial charge in [0.15, 0.2) is 11.5 Å². The van der Waals surface area contributed by atoms with Crippen LogP contribution in [0.15, 0.2) is 29.9 Å². The van der Waals surface area contributed by atoms with Crippen LogP contribution in [-0.4, -0.2) is 18.6 Å². The van der Waals surface area contributed by atoms with Crippen molar-refractivity contribution in [1.82, 2.24) is 10.3 Å². The van der Waals surface area contributed by atoms with Crippen molar-refractivity contribution in [3.8, 4) is 11.5 Å². The van der Waals surface area contributed by atoms with E-state index in [0.29, 0.717) is 13.2 Å². The number of benzene rings is 1. The number of aromatic nitrogens is 1. The molecule has 19 heavy (non-hydrogen) atoms. The summed E-state index contributed by atoms with van der Waals surface area (Å²) in [5.74, 6) is 1.56. The van der Waals surface area contributed by atoms with E-state index in [1.54, 1.807) is 16.8 Å². The standard InChI is InChI=1S/C14H18N2O2S/c1-3-17-14-6-11(7-15-2)4-5-13(14)18-9-12-8-16-10-19-12/h4-6,8,10,15H,3,7,9H2,1-2H3. The summed E-state index contributed by atoms with van der Waals surface area (Å²) >= 11 is 1.59. The molecular weight excluding hydrogens is 260 g/mol. The molecule has 0 unspecified atom stereocenters. The van der Waals surface area contributed by atoms with Crippen molar-refractivity contribution in [1.29, 1.82) is 0 Å². The minimum Gasteiger partial charge on any atom is -0.490 e. The first-order chi connectivity index (χ1) is 9.33. The zero-order valence-electron chi connectivity index (χ0n) is 11.2. The van der Waals surface area contributed by atoms with Gasteiger partial charge in [0.1, 0.15) is 6.61 Å². The highest BCUT2D eigenvalue weighted by molar-refractivity contribution is 7.09. The molecule has 0 amide bonds. The zero-order valence-corrected chi connectivity index (χ0v) is 12.0. The number of hydrogen-bond acceptors (Lipinski definition) is 5. The normalized spacial score (nSPS) is 10.4. The van der Waals surface area contributed by atoms with Crippen LogP contribution in [0.4, 0.5) is 0 Å². The van der Waals surface area contributed by atoms with Crippen molar-refractivity contribution >= 4 is 11.3 Å². The first kappa shape index (κ1) is 13.8. The molecule has 0 radical (unpaired) electrons. The predicted octanol–water partition coefficient (Wildman–Crippen LogP) is 2.84. The van der Waals surface area contributed by atoms with Gasteiger partial charge in [0, 0.05) is 12.7 Å². The van der Waals surface area contributed by atoms with E-state index >= 15 is 0 Å². The lowest BCUT2D eigenvalue weighted by Crippen LogP contribution is -2.06. The van der Waals surface area contributed by atoms with E-state index in [1.165, 1.54) is 5.56 Å². The van der Waals surface area contributed by atoms with Crippen LogP contribution in [0.25, 0.3) is 0 Å². The monoisotopic (exact) mass is 278 g/mol. The molecule has 1 aromatic carbocycles. The van der Waals surface area contributed by atoms with Gasteiger partial charge in [0.05, 0.1) is 17.0 Å². The third-order valence-corrected chi connectivity index (χ3v) is 3.30. The van der Waals surface area contributed by atoms with E-state index in [4.69, 9.17) is 9.47 Å². The molecule has 2 aromatic rings. The third-order valence-electron chi connectivity index (χ3n) is 2.54. The van der Waals surface area contributed by atoms with Crippen LogP contribution in [0, 0.1) is 0 Å². The van der Waals surface area contributed by atoms with Gasteiger partial charge in [0.2, 0.25) is 0 Å². The van der Waals surface area contributed by atoms with Crippen LogP contribution in [0.1, 0.15) is 17.4 Å². The molecule has 0 saturated carbocycles. The van der Waals surface area contributed by atoms with Crippen molar-refractivity contribution < 1.29 is 9.47 Å². The van der Waals surface area contributed by atoms with Crippen molar-refractivity contribution in [3.05, 3.63) is 40.3 Å². The molecule has 0 aliphatic heterocycles. The lowest BCUT2D eigenvalue weighted by Gasteiger charge is -2.12. The van der Waals surface area contributed by atoms with Gasteiger partial charge in [-0.15, -0.1) is 11.3 Å². The SMILES string of the molecule is CCOc1cc(CNC)ccc1OCc1cncs1. The van der Waals surface area contributed by atoms with E-state index < -0.39 is 0 Å². The van der Waals surface area contributed by atoms with E-state index in [0.717, 1.165) is 22.9 Å². The molecule has 1 N–H and O–H groups in total. The topological polar surface area (TPSA) is 43.4 Å². The Balaban J connectivity index is 2.09. The summed E-state index contributed by atoms with van der Waals surface area (Å²) in [6, 6.07) is 6.02. The number of hydrogen-bond donors (Lipinski definition) is 1. The summed E-state index contributed by atoms with van der Waals surface area (Å²) in [5.41, 5.74) is 2.98. The third kappa shape index (κ3) is 3.94. The molecule has 0 atom stereocenters. The van der Waals surface area contributed by atoms with Gasteiger partial charge in [-0.2, -0.15) is 0 Å². The second-order valence-corrected chi connectivity index (χ2v) is 4.97. The van der Waals surface area contributed by atoms with E-state index in [-0.39, 0.29) is 0 Å². The van der Waals surface area contributed by atoms with Crippen molar-refractivity contribution in [3.63, 3.8) is 0 Å². The Kier molecular flexibility index (Phi) is 5.18. The molecule has 0 aliphatic carbocycles. The number of nitrogens with one attached hydrogen (secondary N) is 1. The average molecular weight is 278 g/mol. The largest absolute Gasteiger partial charge is 0.490 e. The fraction of sp³-hybridized carbons (Fsp3) is 0.357. The lowest BCUT2D eigenvalue weighted by molar-refractivity contribution is 0.271. The molecule has 1 heterocycles. The van der Waals surface area contributed by atoms with Crippen LogP contribution < -0.4 is 14.8 Å². The summed E-state index contributed by atoms with van der Waals surface area (Å²) in [6.45, 7) is 3.93. The van der Waals surface area contributed by atoms with Crippen LogP contribution in [0.5, 0.6) is 11.5 Å². The minimum absolute atomic E-state index is 0.524. The fourth-order valence-electron chi connectivity index (χ4n) is 1.72. The van der Waals surface area contributed by atoms with Gasteiger partial charge < -0.3 is 14.8 Å². The van der Waals surface area contributed by atoms with Gasteiger partial charge in [0.25, 0.3) is 0 Å². The molecule has 0 saturated heterocycles. The Morgan fingerprint density at radius 1 is 1.26 bits per heavy atom. The second kappa shape index (κ2) is 7.11. The number of nitrogens with zero attached hydrogens (tertiary/aromatic N) is 1. The second-order valence-electron chi connectivity index (χ2n) is 4.00. The molecule has 5 heteroatoms. The average Bonchev–Trinajstić information content (AvgIpc) is 2.92. The molecule has 0 bridgehead atoms. The Hall–Kier alpha value is -1.59. The summed E-state index contributed by atoms with van der Waals surface area (Å²) in [4.78, 5) is 5.13. The molecule has 4 nitrogen and oxygen atoms in total. The predicted molar refractivity (Wildman–Crippen MR) is 76.8 cm³/mol. The first-order valence-corrected chi connectivity index (χ1v) is 7.12. The molecule has 0 spiro atoms. The fourth-order valence-corrected chi connectivity index (χ4v) is 2.22. The highest BCUT2D eigenvalue weighted by Crippen LogP contribution is 2.29. The summed E-state index contributed by atoms with van der Waals surface area (Å²) in [5, 5.41) is 3.12. The van der Waals surface area contributed by atoms with Gasteiger partial charge in [-0.3, -0.25) is 4.98 Å². The van der Waals surface area contributed by atoms with E-state index in [2.05, 4.69) is 10.3 Å². The van der Waals surface area contributed by atoms with Crippen molar-refractivity contribution in [2.75, 3.05) is 13.7 Å². The molecular formula is C14H18N2O2S.